The average Bonchev–Trinajstić information content (AvgIpc) is 2.63. The first-order valence-corrected chi connectivity index (χ1v) is 6.42. The summed E-state index contributed by atoms with van der Waals surface area (Å²) in [6, 6.07) is 6.39. The molecular formula is C14H18N2O. The Hall–Kier alpha value is -1.35. The lowest BCUT2D eigenvalue weighted by atomic mass is 9.74. The first-order chi connectivity index (χ1) is 8.26. The summed E-state index contributed by atoms with van der Waals surface area (Å²) in [4.78, 5) is 12.3. The molecule has 3 heteroatoms. The number of rotatable bonds is 1. The van der Waals surface area contributed by atoms with Gasteiger partial charge in [0.05, 0.1) is 5.41 Å². The summed E-state index contributed by atoms with van der Waals surface area (Å²) >= 11 is 0. The van der Waals surface area contributed by atoms with E-state index >= 15 is 0 Å². The molecule has 90 valence electrons. The van der Waals surface area contributed by atoms with Crippen molar-refractivity contribution in [3.63, 3.8) is 0 Å². The topological polar surface area (TPSA) is 41.1 Å². The van der Waals surface area contributed by atoms with Crippen molar-refractivity contribution in [2.75, 3.05) is 18.4 Å². The van der Waals surface area contributed by atoms with Gasteiger partial charge in [-0.1, -0.05) is 19.1 Å². The van der Waals surface area contributed by atoms with Gasteiger partial charge >= 0.3 is 0 Å². The first kappa shape index (κ1) is 10.8. The number of piperidine rings is 1. The molecule has 2 heterocycles. The smallest absolute Gasteiger partial charge is 0.235 e. The molecule has 1 aromatic carbocycles. The molecule has 0 atom stereocenters. The molecule has 0 unspecified atom stereocenters. The van der Waals surface area contributed by atoms with Crippen molar-refractivity contribution >= 4 is 11.6 Å². The van der Waals surface area contributed by atoms with Gasteiger partial charge in [0.2, 0.25) is 5.91 Å². The third-order valence-corrected chi connectivity index (χ3v) is 4.15. The van der Waals surface area contributed by atoms with Crippen molar-refractivity contribution in [2.45, 2.75) is 31.6 Å². The molecule has 3 rings (SSSR count). The van der Waals surface area contributed by atoms with Gasteiger partial charge in [0, 0.05) is 5.69 Å². The van der Waals surface area contributed by atoms with Gasteiger partial charge in [0.25, 0.3) is 0 Å². The number of carbonyl (C=O) groups excluding carboxylic acids is 1. The van der Waals surface area contributed by atoms with Crippen LogP contribution in [0.15, 0.2) is 18.2 Å². The zero-order chi connectivity index (χ0) is 11.9. The Kier molecular flexibility index (Phi) is 2.44. The van der Waals surface area contributed by atoms with E-state index in [9.17, 15) is 4.79 Å². The fourth-order valence-corrected chi connectivity index (χ4v) is 3.03. The Morgan fingerprint density at radius 2 is 2.06 bits per heavy atom. The molecule has 3 nitrogen and oxygen atoms in total. The second kappa shape index (κ2) is 3.84. The van der Waals surface area contributed by atoms with Crippen molar-refractivity contribution in [1.29, 1.82) is 0 Å². The summed E-state index contributed by atoms with van der Waals surface area (Å²) in [6.45, 7) is 4.02. The maximum Gasteiger partial charge on any atom is 0.235 e. The van der Waals surface area contributed by atoms with Crippen LogP contribution in [0.1, 0.15) is 30.9 Å². The summed E-state index contributed by atoms with van der Waals surface area (Å²) in [5, 5.41) is 6.38. The minimum atomic E-state index is -0.258. The fraction of sp³-hybridized carbons (Fsp3) is 0.500. The van der Waals surface area contributed by atoms with Crippen LogP contribution in [0, 0.1) is 0 Å². The van der Waals surface area contributed by atoms with Gasteiger partial charge in [-0.25, -0.2) is 0 Å². The molecule has 2 N–H and O–H groups in total. The van der Waals surface area contributed by atoms with Crippen molar-refractivity contribution < 1.29 is 4.79 Å². The van der Waals surface area contributed by atoms with Gasteiger partial charge in [-0.3, -0.25) is 4.79 Å². The van der Waals surface area contributed by atoms with Gasteiger partial charge in [-0.2, -0.15) is 0 Å². The van der Waals surface area contributed by atoms with E-state index in [-0.39, 0.29) is 11.3 Å². The Morgan fingerprint density at radius 3 is 2.76 bits per heavy atom. The minimum absolute atomic E-state index is 0.197. The maximum absolute atomic E-state index is 12.3. The third-order valence-electron chi connectivity index (χ3n) is 4.15. The lowest BCUT2D eigenvalue weighted by Gasteiger charge is -2.32. The van der Waals surface area contributed by atoms with Crippen molar-refractivity contribution in [1.82, 2.24) is 5.32 Å². The first-order valence-electron chi connectivity index (χ1n) is 6.42. The van der Waals surface area contributed by atoms with Crippen LogP contribution in [0.3, 0.4) is 0 Å². The van der Waals surface area contributed by atoms with Crippen LogP contribution in [0.25, 0.3) is 0 Å². The molecule has 0 aromatic heterocycles. The average molecular weight is 230 g/mol. The van der Waals surface area contributed by atoms with E-state index < -0.39 is 0 Å². The van der Waals surface area contributed by atoms with E-state index in [0.717, 1.165) is 38.0 Å². The van der Waals surface area contributed by atoms with Crippen molar-refractivity contribution in [3.05, 3.63) is 29.3 Å². The molecular weight excluding hydrogens is 212 g/mol. The molecule has 2 aliphatic rings. The zero-order valence-electron chi connectivity index (χ0n) is 10.2. The summed E-state index contributed by atoms with van der Waals surface area (Å²) in [5.41, 5.74) is 3.31. The fourth-order valence-electron chi connectivity index (χ4n) is 3.03. The van der Waals surface area contributed by atoms with Crippen LogP contribution in [-0.4, -0.2) is 19.0 Å². The van der Waals surface area contributed by atoms with Crippen molar-refractivity contribution in [2.24, 2.45) is 0 Å². The number of carbonyl (C=O) groups is 1. The number of hydrogen-bond acceptors (Lipinski definition) is 2. The highest BCUT2D eigenvalue weighted by atomic mass is 16.2. The highest BCUT2D eigenvalue weighted by Gasteiger charge is 2.47. The standard InChI is InChI=1S/C14H18N2O/c1-2-10-3-4-12-11(9-10)14(13(17)16-12)5-7-15-8-6-14/h3-4,9,15H,2,5-8H2,1H3,(H,16,17). The molecule has 1 fully saturated rings. The van der Waals surface area contributed by atoms with Crippen LogP contribution < -0.4 is 10.6 Å². The van der Waals surface area contributed by atoms with Crippen LogP contribution >= 0.6 is 0 Å². The number of nitrogens with one attached hydrogen (secondary N) is 2. The largest absolute Gasteiger partial charge is 0.325 e. The molecule has 2 aliphatic heterocycles. The van der Waals surface area contributed by atoms with Crippen LogP contribution in [0.5, 0.6) is 0 Å². The second-order valence-electron chi connectivity index (χ2n) is 5.02. The molecule has 1 amide bonds. The summed E-state index contributed by atoms with van der Waals surface area (Å²) in [5.74, 6) is 0.197. The molecule has 0 bridgehead atoms. The summed E-state index contributed by atoms with van der Waals surface area (Å²) in [7, 11) is 0. The predicted molar refractivity (Wildman–Crippen MR) is 68.2 cm³/mol. The SMILES string of the molecule is CCc1ccc2c(c1)C1(CCNCC1)C(=O)N2. The number of aryl methyl sites for hydroxylation is 1. The number of benzene rings is 1. The van der Waals surface area contributed by atoms with Gasteiger partial charge in [-0.05, 0) is 49.5 Å². The molecule has 1 aromatic rings. The Labute approximate surface area is 102 Å². The van der Waals surface area contributed by atoms with Crippen molar-refractivity contribution in [3.8, 4) is 0 Å². The number of anilines is 1. The predicted octanol–water partition coefficient (Wildman–Crippen LogP) is 1.82. The monoisotopic (exact) mass is 230 g/mol. The van der Waals surface area contributed by atoms with E-state index in [0.29, 0.717) is 0 Å². The third kappa shape index (κ3) is 1.49. The highest BCUT2D eigenvalue weighted by Crippen LogP contribution is 2.44. The Bertz CT molecular complexity index is 461. The molecule has 0 saturated carbocycles. The molecule has 1 saturated heterocycles. The van der Waals surface area contributed by atoms with E-state index in [1.165, 1.54) is 11.1 Å². The quantitative estimate of drug-likeness (QED) is 0.772. The van der Waals surface area contributed by atoms with E-state index in [4.69, 9.17) is 0 Å². The molecule has 0 aliphatic carbocycles. The van der Waals surface area contributed by atoms with Crippen LogP contribution in [0.2, 0.25) is 0 Å². The van der Waals surface area contributed by atoms with Gasteiger partial charge < -0.3 is 10.6 Å². The van der Waals surface area contributed by atoms with E-state index in [1.54, 1.807) is 0 Å². The highest BCUT2D eigenvalue weighted by molar-refractivity contribution is 6.06. The zero-order valence-corrected chi connectivity index (χ0v) is 10.2. The van der Waals surface area contributed by atoms with Gasteiger partial charge in [-0.15, -0.1) is 0 Å². The molecule has 0 radical (unpaired) electrons. The van der Waals surface area contributed by atoms with E-state index in [2.05, 4.69) is 35.8 Å². The van der Waals surface area contributed by atoms with Crippen LogP contribution in [0.4, 0.5) is 5.69 Å². The Balaban J connectivity index is 2.10. The lowest BCUT2D eigenvalue weighted by molar-refractivity contribution is -0.121. The minimum Gasteiger partial charge on any atom is -0.325 e. The summed E-state index contributed by atoms with van der Waals surface area (Å²) in [6.07, 6.45) is 2.85. The van der Waals surface area contributed by atoms with Gasteiger partial charge in [0.15, 0.2) is 0 Å². The number of fused-ring (bicyclic) bond motifs is 2. The van der Waals surface area contributed by atoms with E-state index in [1.807, 2.05) is 0 Å². The molecule has 17 heavy (non-hydrogen) atoms. The lowest BCUT2D eigenvalue weighted by Crippen LogP contribution is -2.44. The maximum atomic E-state index is 12.3. The normalized spacial score (nSPS) is 21.4. The van der Waals surface area contributed by atoms with Crippen LogP contribution in [-0.2, 0) is 16.6 Å². The number of hydrogen-bond donors (Lipinski definition) is 2. The Morgan fingerprint density at radius 1 is 1.29 bits per heavy atom. The number of amides is 1. The van der Waals surface area contributed by atoms with Gasteiger partial charge in [0.1, 0.15) is 0 Å². The molecule has 1 spiro atoms. The summed E-state index contributed by atoms with van der Waals surface area (Å²) < 4.78 is 0. The second-order valence-corrected chi connectivity index (χ2v) is 5.02.